The van der Waals surface area contributed by atoms with E-state index in [1.807, 2.05) is 0 Å². The van der Waals surface area contributed by atoms with Gasteiger partial charge in [-0.2, -0.15) is 13.2 Å². The number of alkyl halides is 3. The van der Waals surface area contributed by atoms with Gasteiger partial charge in [0.1, 0.15) is 0 Å². The van der Waals surface area contributed by atoms with E-state index >= 15 is 0 Å². The van der Waals surface area contributed by atoms with E-state index in [4.69, 9.17) is 13.6 Å². The molecular formula is C17H27F3NO7P. The largest absolute Gasteiger partial charge is 0.475 e. The molecule has 1 saturated heterocycles. The summed E-state index contributed by atoms with van der Waals surface area (Å²) in [6.07, 6.45) is -6.29. The number of esters is 1. The zero-order valence-corrected chi connectivity index (χ0v) is 17.5. The van der Waals surface area contributed by atoms with E-state index in [9.17, 15) is 27.3 Å². The molecule has 0 spiro atoms. The Bertz CT molecular complexity index is 647. The average Bonchev–Trinajstić information content (AvgIpc) is 2.63. The number of amides is 1. The van der Waals surface area contributed by atoms with Crippen molar-refractivity contribution >= 4 is 19.7 Å². The Morgan fingerprint density at radius 2 is 1.83 bits per heavy atom. The van der Waals surface area contributed by atoms with Crippen molar-refractivity contribution in [2.24, 2.45) is 11.3 Å². The van der Waals surface area contributed by atoms with Crippen LogP contribution in [0.5, 0.6) is 0 Å². The summed E-state index contributed by atoms with van der Waals surface area (Å²) in [4.78, 5) is 23.6. The molecule has 0 radical (unpaired) electrons. The first kappa shape index (κ1) is 24.1. The van der Waals surface area contributed by atoms with Crippen LogP contribution in [0.25, 0.3) is 0 Å². The monoisotopic (exact) mass is 445 g/mol. The molecule has 0 aromatic carbocycles. The van der Waals surface area contributed by atoms with Gasteiger partial charge in [-0.15, -0.1) is 0 Å². The Kier molecular flexibility index (Phi) is 7.75. The Morgan fingerprint density at radius 1 is 1.21 bits per heavy atom. The molecule has 1 N–H and O–H groups in total. The van der Waals surface area contributed by atoms with Gasteiger partial charge in [0.15, 0.2) is 6.10 Å². The van der Waals surface area contributed by atoms with Crippen molar-refractivity contribution in [3.8, 4) is 0 Å². The number of halogens is 3. The lowest BCUT2D eigenvalue weighted by Crippen LogP contribution is -2.50. The third-order valence-corrected chi connectivity index (χ3v) is 6.52. The molecule has 2 fully saturated rings. The van der Waals surface area contributed by atoms with Gasteiger partial charge in [0.05, 0.1) is 32.2 Å². The zero-order chi connectivity index (χ0) is 21.9. The van der Waals surface area contributed by atoms with Crippen LogP contribution in [0.1, 0.15) is 46.0 Å². The molecule has 1 aliphatic heterocycles. The minimum Gasteiger partial charge on any atom is -0.469 e. The van der Waals surface area contributed by atoms with Crippen LogP contribution in [-0.2, 0) is 32.5 Å². The van der Waals surface area contributed by atoms with Crippen LogP contribution in [-0.4, -0.2) is 50.5 Å². The van der Waals surface area contributed by atoms with Gasteiger partial charge in [-0.25, -0.2) is 4.57 Å². The number of nitrogens with one attached hydrogen (secondary N) is 1. The molecule has 8 nitrogen and oxygen atoms in total. The van der Waals surface area contributed by atoms with Gasteiger partial charge in [0.2, 0.25) is 5.91 Å². The molecule has 2 rings (SSSR count). The van der Waals surface area contributed by atoms with Crippen molar-refractivity contribution in [3.05, 3.63) is 0 Å². The standard InChI is InChI=1S/C17H27F3NO7P/c1-16(2)10-26-29(24,27-12-6-4-11(5-7-12)17(18,19)20)28-14(16)15(23)21-9-8-13(22)25-3/h11-12,14H,4-10H2,1-3H3,(H,21,23)/t11?,12?,14-,29+/m0/s1. The van der Waals surface area contributed by atoms with Crippen molar-refractivity contribution in [3.63, 3.8) is 0 Å². The van der Waals surface area contributed by atoms with Gasteiger partial charge < -0.3 is 10.1 Å². The predicted octanol–water partition coefficient (Wildman–Crippen LogP) is 3.35. The summed E-state index contributed by atoms with van der Waals surface area (Å²) in [7, 11) is -2.90. The molecule has 1 amide bonds. The van der Waals surface area contributed by atoms with Crippen LogP contribution in [0.15, 0.2) is 0 Å². The minimum absolute atomic E-state index is 0.00885. The van der Waals surface area contributed by atoms with Crippen molar-refractivity contribution < 1.29 is 45.6 Å². The SMILES string of the molecule is COC(=O)CCNC(=O)[C@@H]1O[P@@](=O)(OC2CCC(C(F)(F)F)CC2)OCC1(C)C. The maximum absolute atomic E-state index is 12.9. The second kappa shape index (κ2) is 9.32. The summed E-state index contributed by atoms with van der Waals surface area (Å²) in [6.45, 7) is 3.26. The van der Waals surface area contributed by atoms with E-state index in [1.54, 1.807) is 13.8 Å². The van der Waals surface area contributed by atoms with Gasteiger partial charge in [-0.1, -0.05) is 13.8 Å². The average molecular weight is 445 g/mol. The molecular weight excluding hydrogens is 418 g/mol. The first-order valence-electron chi connectivity index (χ1n) is 9.39. The highest BCUT2D eigenvalue weighted by molar-refractivity contribution is 7.48. The summed E-state index contributed by atoms with van der Waals surface area (Å²) < 4.78 is 71.8. The zero-order valence-electron chi connectivity index (χ0n) is 16.6. The number of carbonyl (C=O) groups is 2. The summed E-state index contributed by atoms with van der Waals surface area (Å²) >= 11 is 0. The summed E-state index contributed by atoms with van der Waals surface area (Å²) in [5.74, 6) is -2.49. The smallest absolute Gasteiger partial charge is 0.469 e. The van der Waals surface area contributed by atoms with E-state index in [0.717, 1.165) is 0 Å². The fourth-order valence-electron chi connectivity index (χ4n) is 3.24. The second-order valence-electron chi connectivity index (χ2n) is 7.93. The third kappa shape index (κ3) is 6.67. The maximum Gasteiger partial charge on any atom is 0.475 e. The number of phosphoric acid groups is 1. The van der Waals surface area contributed by atoms with Gasteiger partial charge in [-0.05, 0) is 25.7 Å². The van der Waals surface area contributed by atoms with Crippen LogP contribution in [0.3, 0.4) is 0 Å². The molecule has 12 heteroatoms. The number of rotatable bonds is 6. The predicted molar refractivity (Wildman–Crippen MR) is 94.7 cm³/mol. The van der Waals surface area contributed by atoms with E-state index < -0.39 is 49.4 Å². The molecule has 29 heavy (non-hydrogen) atoms. The number of phosphoric ester groups is 1. The molecule has 1 heterocycles. The Balaban J connectivity index is 1.94. The highest BCUT2D eigenvalue weighted by Gasteiger charge is 2.50. The van der Waals surface area contributed by atoms with Gasteiger partial charge in [-0.3, -0.25) is 23.2 Å². The number of carbonyl (C=O) groups excluding carboxylic acids is 2. The molecule has 1 aliphatic carbocycles. The van der Waals surface area contributed by atoms with E-state index in [1.165, 1.54) is 7.11 Å². The molecule has 0 aromatic rings. The van der Waals surface area contributed by atoms with Crippen molar-refractivity contribution in [2.45, 2.75) is 64.3 Å². The van der Waals surface area contributed by atoms with Crippen LogP contribution in [0.2, 0.25) is 0 Å². The molecule has 2 atom stereocenters. The highest BCUT2D eigenvalue weighted by atomic mass is 31.2. The molecule has 168 valence electrons. The second-order valence-corrected chi connectivity index (χ2v) is 9.51. The minimum atomic E-state index is -4.26. The Labute approximate surface area is 167 Å². The molecule has 2 aliphatic rings. The van der Waals surface area contributed by atoms with Crippen LogP contribution in [0, 0.1) is 11.3 Å². The van der Waals surface area contributed by atoms with E-state index in [0.29, 0.717) is 0 Å². The fourth-order valence-corrected chi connectivity index (χ4v) is 5.12. The lowest BCUT2D eigenvalue weighted by Gasteiger charge is -2.41. The lowest BCUT2D eigenvalue weighted by atomic mass is 9.87. The molecule has 0 unspecified atom stereocenters. The summed E-state index contributed by atoms with van der Waals surface area (Å²) in [5.41, 5.74) is -0.833. The van der Waals surface area contributed by atoms with E-state index in [-0.39, 0.29) is 45.3 Å². The Morgan fingerprint density at radius 3 is 2.38 bits per heavy atom. The van der Waals surface area contributed by atoms with Crippen LogP contribution in [0.4, 0.5) is 13.2 Å². The quantitative estimate of drug-likeness (QED) is 0.494. The van der Waals surface area contributed by atoms with Gasteiger partial charge in [0, 0.05) is 12.0 Å². The topological polar surface area (TPSA) is 100 Å². The normalized spacial score (nSPS) is 32.4. The number of methoxy groups -OCH3 is 1. The van der Waals surface area contributed by atoms with Crippen molar-refractivity contribution in [2.75, 3.05) is 20.3 Å². The molecule has 0 bridgehead atoms. The van der Waals surface area contributed by atoms with Crippen molar-refractivity contribution in [1.82, 2.24) is 5.32 Å². The highest BCUT2D eigenvalue weighted by Crippen LogP contribution is 2.59. The Hall–Kier alpha value is -1.16. The first-order chi connectivity index (χ1) is 13.4. The first-order valence-corrected chi connectivity index (χ1v) is 10.8. The molecule has 1 saturated carbocycles. The summed E-state index contributed by atoms with van der Waals surface area (Å²) in [6, 6.07) is 0. The van der Waals surface area contributed by atoms with Crippen LogP contribution < -0.4 is 5.32 Å². The summed E-state index contributed by atoms with van der Waals surface area (Å²) in [5, 5.41) is 2.52. The van der Waals surface area contributed by atoms with Gasteiger partial charge >= 0.3 is 20.0 Å². The number of ether oxygens (including phenoxy) is 1. The molecule has 0 aromatic heterocycles. The number of hydrogen-bond donors (Lipinski definition) is 1. The van der Waals surface area contributed by atoms with Crippen LogP contribution >= 0.6 is 7.82 Å². The van der Waals surface area contributed by atoms with Crippen molar-refractivity contribution in [1.29, 1.82) is 0 Å². The third-order valence-electron chi connectivity index (χ3n) is 5.05. The fraction of sp³-hybridized carbons (Fsp3) is 0.882. The van der Waals surface area contributed by atoms with E-state index in [2.05, 4.69) is 10.1 Å². The lowest BCUT2D eigenvalue weighted by molar-refractivity contribution is -0.186. The number of hydrogen-bond acceptors (Lipinski definition) is 7. The van der Waals surface area contributed by atoms with Gasteiger partial charge in [0.25, 0.3) is 0 Å². The maximum atomic E-state index is 12.9.